The molecule has 0 aliphatic carbocycles. The lowest BCUT2D eigenvalue weighted by Gasteiger charge is -2.13. The van der Waals surface area contributed by atoms with Crippen LogP contribution >= 0.6 is 34.4 Å². The number of thioether (sulfide) groups is 1. The lowest BCUT2D eigenvalue weighted by molar-refractivity contribution is -0.127. The van der Waals surface area contributed by atoms with Crippen LogP contribution in [-0.4, -0.2) is 46.8 Å². The Balaban J connectivity index is 1.70. The van der Waals surface area contributed by atoms with Gasteiger partial charge >= 0.3 is 0 Å². The maximum absolute atomic E-state index is 12.7. The molecule has 1 aliphatic rings. The van der Waals surface area contributed by atoms with Crippen molar-refractivity contribution in [2.24, 2.45) is 0 Å². The first-order chi connectivity index (χ1) is 15.3. The fourth-order valence-electron chi connectivity index (χ4n) is 2.88. The average molecular weight is 568 g/mol. The Bertz CT molecular complexity index is 1070. The number of hydrogen-bond donors (Lipinski definition) is 2. The molecule has 2 N–H and O–H groups in total. The number of halogens is 1. The van der Waals surface area contributed by atoms with Crippen LogP contribution in [0, 0.1) is 3.57 Å². The van der Waals surface area contributed by atoms with Gasteiger partial charge in [-0.05, 0) is 96.2 Å². The fourth-order valence-corrected chi connectivity index (χ4v) is 4.34. The van der Waals surface area contributed by atoms with Gasteiger partial charge in [0.15, 0.2) is 11.5 Å². The van der Waals surface area contributed by atoms with Gasteiger partial charge in [0.1, 0.15) is 12.3 Å². The van der Waals surface area contributed by atoms with E-state index >= 15 is 0 Å². The van der Waals surface area contributed by atoms with Crippen LogP contribution in [0.2, 0.25) is 0 Å². The Morgan fingerprint density at radius 1 is 1.16 bits per heavy atom. The van der Waals surface area contributed by atoms with Crippen LogP contribution in [0.1, 0.15) is 19.4 Å². The van der Waals surface area contributed by atoms with E-state index in [1.807, 2.05) is 29.5 Å². The standard InChI is InChI=1S/C22H21IN2O6S/c1-3-30-15-7-5-14(6-8-15)24-19(26)12-25-21(28)18(32-22(25)29)11-13-9-16(23)20(27)17(10-13)31-4-2/h5-11,27H,3-4,12H2,1-2H3,(H,24,26)/b18-11+. The molecular weight excluding hydrogens is 547 g/mol. The summed E-state index contributed by atoms with van der Waals surface area (Å²) in [5.74, 6) is -0.0559. The quantitative estimate of drug-likeness (QED) is 0.358. The predicted molar refractivity (Wildman–Crippen MR) is 131 cm³/mol. The highest BCUT2D eigenvalue weighted by molar-refractivity contribution is 14.1. The minimum Gasteiger partial charge on any atom is -0.504 e. The summed E-state index contributed by atoms with van der Waals surface area (Å²) in [5.41, 5.74) is 1.13. The van der Waals surface area contributed by atoms with Crippen LogP contribution in [0.3, 0.4) is 0 Å². The third kappa shape index (κ3) is 5.74. The van der Waals surface area contributed by atoms with E-state index in [0.717, 1.165) is 16.7 Å². The third-order valence-electron chi connectivity index (χ3n) is 4.27. The highest BCUT2D eigenvalue weighted by Crippen LogP contribution is 2.36. The Hall–Kier alpha value is -2.73. The van der Waals surface area contributed by atoms with Gasteiger partial charge in [-0.2, -0.15) is 0 Å². The van der Waals surface area contributed by atoms with Gasteiger partial charge in [-0.25, -0.2) is 0 Å². The molecule has 3 rings (SSSR count). The van der Waals surface area contributed by atoms with E-state index in [9.17, 15) is 19.5 Å². The third-order valence-corrected chi connectivity index (χ3v) is 6.00. The van der Waals surface area contributed by atoms with Crippen molar-refractivity contribution in [3.05, 3.63) is 50.4 Å². The molecule has 1 aliphatic heterocycles. The zero-order chi connectivity index (χ0) is 23.3. The zero-order valence-electron chi connectivity index (χ0n) is 17.4. The molecule has 32 heavy (non-hydrogen) atoms. The Morgan fingerprint density at radius 3 is 2.50 bits per heavy atom. The number of anilines is 1. The number of benzene rings is 2. The molecule has 168 valence electrons. The summed E-state index contributed by atoms with van der Waals surface area (Å²) in [5, 5.41) is 12.2. The number of aromatic hydroxyl groups is 1. The van der Waals surface area contributed by atoms with Crippen molar-refractivity contribution in [3.63, 3.8) is 0 Å². The van der Waals surface area contributed by atoms with Gasteiger partial charge in [-0.3, -0.25) is 19.3 Å². The van der Waals surface area contributed by atoms with Gasteiger partial charge in [0, 0.05) is 5.69 Å². The number of amides is 3. The molecule has 3 amide bonds. The topological polar surface area (TPSA) is 105 Å². The van der Waals surface area contributed by atoms with Crippen molar-refractivity contribution in [2.75, 3.05) is 25.1 Å². The first kappa shape index (κ1) is 23.9. The van der Waals surface area contributed by atoms with E-state index in [4.69, 9.17) is 9.47 Å². The second-order valence-electron chi connectivity index (χ2n) is 6.56. The molecule has 0 radical (unpaired) electrons. The molecule has 0 saturated carbocycles. The number of nitrogens with zero attached hydrogens (tertiary/aromatic N) is 1. The number of carbonyl (C=O) groups is 3. The first-order valence-electron chi connectivity index (χ1n) is 9.75. The van der Waals surface area contributed by atoms with Gasteiger partial charge in [0.05, 0.1) is 21.7 Å². The second kappa shape index (κ2) is 10.7. The predicted octanol–water partition coefficient (Wildman–Crippen LogP) is 4.47. The molecule has 0 spiro atoms. The molecule has 2 aromatic rings. The van der Waals surface area contributed by atoms with Gasteiger partial charge in [0.2, 0.25) is 5.91 Å². The summed E-state index contributed by atoms with van der Waals surface area (Å²) >= 11 is 2.72. The summed E-state index contributed by atoms with van der Waals surface area (Å²) in [6.45, 7) is 4.18. The molecule has 1 heterocycles. The molecule has 1 fully saturated rings. The maximum atomic E-state index is 12.7. The largest absolute Gasteiger partial charge is 0.504 e. The highest BCUT2D eigenvalue weighted by atomic mass is 127. The number of nitrogens with one attached hydrogen (secondary N) is 1. The minimum atomic E-state index is -0.553. The van der Waals surface area contributed by atoms with Crippen LogP contribution < -0.4 is 14.8 Å². The average Bonchev–Trinajstić information content (AvgIpc) is 3.00. The summed E-state index contributed by atoms with van der Waals surface area (Å²) in [4.78, 5) is 38.5. The van der Waals surface area contributed by atoms with Crippen molar-refractivity contribution in [2.45, 2.75) is 13.8 Å². The molecule has 0 bridgehead atoms. The fraction of sp³-hybridized carbons (Fsp3) is 0.227. The molecule has 1 saturated heterocycles. The van der Waals surface area contributed by atoms with Crippen molar-refractivity contribution in [1.82, 2.24) is 4.90 Å². The number of rotatable bonds is 8. The van der Waals surface area contributed by atoms with Crippen LogP contribution in [0.15, 0.2) is 41.3 Å². The molecular formula is C22H21IN2O6S. The van der Waals surface area contributed by atoms with Crippen LogP contribution in [0.25, 0.3) is 6.08 Å². The molecule has 0 aromatic heterocycles. The van der Waals surface area contributed by atoms with Crippen molar-refractivity contribution >= 4 is 63.2 Å². The van der Waals surface area contributed by atoms with Gasteiger partial charge < -0.3 is 19.9 Å². The molecule has 10 heteroatoms. The SMILES string of the molecule is CCOc1ccc(NC(=O)CN2C(=O)S/C(=C/c3cc(I)c(O)c(OCC)c3)C2=O)cc1. The van der Waals surface area contributed by atoms with E-state index in [1.54, 1.807) is 49.4 Å². The van der Waals surface area contributed by atoms with E-state index in [2.05, 4.69) is 5.32 Å². The lowest BCUT2D eigenvalue weighted by atomic mass is 10.2. The summed E-state index contributed by atoms with van der Waals surface area (Å²) < 4.78 is 11.3. The van der Waals surface area contributed by atoms with Crippen molar-refractivity contribution in [1.29, 1.82) is 0 Å². The Morgan fingerprint density at radius 2 is 1.84 bits per heavy atom. The number of phenolic OH excluding ortho intramolecular Hbond substituents is 1. The Kier molecular flexibility index (Phi) is 8.02. The monoisotopic (exact) mass is 568 g/mol. The van der Waals surface area contributed by atoms with E-state index < -0.39 is 23.6 Å². The number of phenols is 1. The Labute approximate surface area is 203 Å². The van der Waals surface area contributed by atoms with Crippen LogP contribution in [-0.2, 0) is 9.59 Å². The number of ether oxygens (including phenoxy) is 2. The van der Waals surface area contributed by atoms with E-state index in [-0.39, 0.29) is 10.7 Å². The van der Waals surface area contributed by atoms with Crippen LogP contribution in [0.4, 0.5) is 10.5 Å². The number of imide groups is 1. The van der Waals surface area contributed by atoms with Crippen molar-refractivity contribution in [3.8, 4) is 17.2 Å². The maximum Gasteiger partial charge on any atom is 0.294 e. The molecule has 2 aromatic carbocycles. The molecule has 0 unspecified atom stereocenters. The first-order valence-corrected chi connectivity index (χ1v) is 11.6. The zero-order valence-corrected chi connectivity index (χ0v) is 20.4. The lowest BCUT2D eigenvalue weighted by Crippen LogP contribution is -2.36. The second-order valence-corrected chi connectivity index (χ2v) is 8.71. The van der Waals surface area contributed by atoms with Crippen LogP contribution in [0.5, 0.6) is 17.2 Å². The molecule has 8 nitrogen and oxygen atoms in total. The van der Waals surface area contributed by atoms with Gasteiger partial charge in [0.25, 0.3) is 11.1 Å². The minimum absolute atomic E-state index is 0.0173. The summed E-state index contributed by atoms with van der Waals surface area (Å²) in [7, 11) is 0. The number of carbonyl (C=O) groups excluding carboxylic acids is 3. The normalized spacial score (nSPS) is 14.7. The van der Waals surface area contributed by atoms with E-state index in [1.165, 1.54) is 0 Å². The summed E-state index contributed by atoms with van der Waals surface area (Å²) in [6, 6.07) is 10.1. The summed E-state index contributed by atoms with van der Waals surface area (Å²) in [6.07, 6.45) is 1.54. The van der Waals surface area contributed by atoms with Gasteiger partial charge in [-0.1, -0.05) is 0 Å². The number of hydrogen-bond acceptors (Lipinski definition) is 7. The van der Waals surface area contributed by atoms with Crippen molar-refractivity contribution < 1.29 is 29.0 Å². The smallest absolute Gasteiger partial charge is 0.294 e. The molecule has 0 atom stereocenters. The highest BCUT2D eigenvalue weighted by Gasteiger charge is 2.36. The van der Waals surface area contributed by atoms with E-state index in [0.29, 0.717) is 39.5 Å². The van der Waals surface area contributed by atoms with Gasteiger partial charge in [-0.15, -0.1) is 0 Å².